The van der Waals surface area contributed by atoms with Crippen LogP contribution in [0.2, 0.25) is 0 Å². The van der Waals surface area contributed by atoms with Gasteiger partial charge in [0.05, 0.1) is 5.56 Å². The summed E-state index contributed by atoms with van der Waals surface area (Å²) in [4.78, 5) is 0. The Balaban J connectivity index is 1.70. The van der Waals surface area contributed by atoms with E-state index in [0.717, 1.165) is 17.0 Å². The van der Waals surface area contributed by atoms with Gasteiger partial charge in [-0.05, 0) is 66.3 Å². The second-order valence-corrected chi connectivity index (χ2v) is 6.93. The molecule has 1 fully saturated rings. The molecule has 0 unspecified atom stereocenters. The van der Waals surface area contributed by atoms with Crippen molar-refractivity contribution < 1.29 is 4.39 Å². The fourth-order valence-electron chi connectivity index (χ4n) is 3.93. The first kappa shape index (κ1) is 16.7. The number of rotatable bonds is 4. The molecule has 0 bridgehead atoms. The summed E-state index contributed by atoms with van der Waals surface area (Å²) in [6, 6.07) is 15.2. The van der Waals surface area contributed by atoms with Gasteiger partial charge in [0.1, 0.15) is 11.9 Å². The zero-order valence-electron chi connectivity index (χ0n) is 14.3. The van der Waals surface area contributed by atoms with Crippen LogP contribution in [-0.2, 0) is 0 Å². The summed E-state index contributed by atoms with van der Waals surface area (Å²) in [7, 11) is 0. The molecule has 2 heteroatoms. The van der Waals surface area contributed by atoms with Gasteiger partial charge in [0.15, 0.2) is 0 Å². The van der Waals surface area contributed by atoms with Crippen LogP contribution in [0.3, 0.4) is 0 Å². The van der Waals surface area contributed by atoms with Crippen molar-refractivity contribution >= 4 is 0 Å². The van der Waals surface area contributed by atoms with Crippen LogP contribution in [0.4, 0.5) is 4.39 Å². The Bertz CT molecular complexity index is 719. The van der Waals surface area contributed by atoms with Crippen molar-refractivity contribution in [1.82, 2.24) is 0 Å². The second kappa shape index (κ2) is 7.62. The van der Waals surface area contributed by atoms with E-state index >= 15 is 0 Å². The third-order valence-corrected chi connectivity index (χ3v) is 5.35. The lowest BCUT2D eigenvalue weighted by Crippen LogP contribution is -2.13. The average Bonchev–Trinajstić information content (AvgIpc) is 2.63. The first-order chi connectivity index (χ1) is 11.7. The molecule has 1 aliphatic carbocycles. The van der Waals surface area contributed by atoms with Gasteiger partial charge in [-0.3, -0.25) is 0 Å². The van der Waals surface area contributed by atoms with E-state index in [1.54, 1.807) is 6.07 Å². The van der Waals surface area contributed by atoms with Crippen molar-refractivity contribution in [1.29, 1.82) is 5.26 Å². The van der Waals surface area contributed by atoms with Gasteiger partial charge in [-0.2, -0.15) is 5.26 Å². The van der Waals surface area contributed by atoms with E-state index in [1.807, 2.05) is 12.1 Å². The minimum absolute atomic E-state index is 0.0965. The highest BCUT2D eigenvalue weighted by molar-refractivity contribution is 5.64. The molecule has 3 rings (SSSR count). The molecule has 1 aliphatic rings. The molecule has 0 aromatic heterocycles. The highest BCUT2D eigenvalue weighted by Gasteiger charge is 2.21. The van der Waals surface area contributed by atoms with Crippen LogP contribution in [0.5, 0.6) is 0 Å². The molecule has 0 radical (unpaired) electrons. The van der Waals surface area contributed by atoms with Gasteiger partial charge >= 0.3 is 0 Å². The number of nitriles is 1. The largest absolute Gasteiger partial charge is 0.206 e. The molecule has 0 atom stereocenters. The van der Waals surface area contributed by atoms with E-state index in [-0.39, 0.29) is 5.56 Å². The molecule has 2 aromatic carbocycles. The van der Waals surface area contributed by atoms with Gasteiger partial charge in [-0.25, -0.2) is 4.39 Å². The number of nitrogens with zero attached hydrogens (tertiary/aromatic N) is 1. The Hall–Kier alpha value is -2.14. The molecule has 0 N–H and O–H groups in total. The van der Waals surface area contributed by atoms with E-state index in [9.17, 15) is 4.39 Å². The lowest BCUT2D eigenvalue weighted by Gasteiger charge is -2.28. The first-order valence-corrected chi connectivity index (χ1v) is 9.01. The smallest absolute Gasteiger partial charge is 0.141 e. The summed E-state index contributed by atoms with van der Waals surface area (Å²) in [5, 5.41) is 8.82. The summed E-state index contributed by atoms with van der Waals surface area (Å²) in [6.45, 7) is 2.27. The van der Waals surface area contributed by atoms with Crippen molar-refractivity contribution in [2.45, 2.75) is 51.4 Å². The molecule has 0 heterocycles. The van der Waals surface area contributed by atoms with Crippen molar-refractivity contribution in [2.24, 2.45) is 5.92 Å². The Kier molecular flexibility index (Phi) is 5.30. The van der Waals surface area contributed by atoms with Crippen LogP contribution >= 0.6 is 0 Å². The molecule has 0 saturated heterocycles. The van der Waals surface area contributed by atoms with Crippen LogP contribution in [0, 0.1) is 23.1 Å². The number of hydrogen-bond acceptors (Lipinski definition) is 1. The highest BCUT2D eigenvalue weighted by atomic mass is 19.1. The maximum atomic E-state index is 13.8. The Labute approximate surface area is 144 Å². The molecular formula is C22H24FN. The molecule has 24 heavy (non-hydrogen) atoms. The number of benzene rings is 2. The normalized spacial score (nSPS) is 20.5. The molecule has 2 aromatic rings. The maximum absolute atomic E-state index is 13.8. The fraction of sp³-hybridized carbons (Fsp3) is 0.409. The highest BCUT2D eigenvalue weighted by Crippen LogP contribution is 2.38. The minimum Gasteiger partial charge on any atom is -0.206 e. The van der Waals surface area contributed by atoms with Crippen LogP contribution < -0.4 is 0 Å². The second-order valence-electron chi connectivity index (χ2n) is 6.93. The summed E-state index contributed by atoms with van der Waals surface area (Å²) in [5.74, 6) is 1.14. The number of hydrogen-bond donors (Lipinski definition) is 0. The van der Waals surface area contributed by atoms with E-state index < -0.39 is 5.82 Å². The van der Waals surface area contributed by atoms with Gasteiger partial charge in [-0.1, -0.05) is 50.1 Å². The van der Waals surface area contributed by atoms with E-state index in [2.05, 4.69) is 31.2 Å². The molecule has 0 amide bonds. The monoisotopic (exact) mass is 321 g/mol. The van der Waals surface area contributed by atoms with Gasteiger partial charge in [-0.15, -0.1) is 0 Å². The molecule has 1 nitrogen and oxygen atoms in total. The lowest BCUT2D eigenvalue weighted by molar-refractivity contribution is 0.308. The molecule has 0 spiro atoms. The van der Waals surface area contributed by atoms with Crippen LogP contribution in [-0.4, -0.2) is 0 Å². The SMILES string of the molecule is CCC[C@H]1CC[C@H](c2ccc(-c3ccc(C#N)c(F)c3)cc2)CC1. The summed E-state index contributed by atoms with van der Waals surface area (Å²) >= 11 is 0. The average molecular weight is 321 g/mol. The van der Waals surface area contributed by atoms with Crippen molar-refractivity contribution in [3.63, 3.8) is 0 Å². The van der Waals surface area contributed by atoms with E-state index in [1.165, 1.54) is 50.2 Å². The summed E-state index contributed by atoms with van der Waals surface area (Å²) < 4.78 is 13.8. The van der Waals surface area contributed by atoms with Crippen LogP contribution in [0.15, 0.2) is 42.5 Å². The van der Waals surface area contributed by atoms with E-state index in [4.69, 9.17) is 5.26 Å². The third kappa shape index (κ3) is 3.67. The Morgan fingerprint density at radius 1 is 1.00 bits per heavy atom. The molecular weight excluding hydrogens is 297 g/mol. The van der Waals surface area contributed by atoms with Crippen LogP contribution in [0.1, 0.15) is 62.5 Å². The predicted octanol–water partition coefficient (Wildman–Crippen LogP) is 6.44. The standard InChI is InChI=1S/C22H24FN/c1-2-3-16-4-6-17(7-5-16)18-8-10-19(11-9-18)20-12-13-21(15-24)22(23)14-20/h8-14,16-17H,2-7H2,1H3/t16-,17-. The van der Waals surface area contributed by atoms with Gasteiger partial charge in [0.25, 0.3) is 0 Å². The minimum atomic E-state index is -0.451. The number of halogens is 1. The topological polar surface area (TPSA) is 23.8 Å². The Morgan fingerprint density at radius 3 is 2.25 bits per heavy atom. The van der Waals surface area contributed by atoms with Crippen LogP contribution in [0.25, 0.3) is 11.1 Å². The predicted molar refractivity (Wildman–Crippen MR) is 96.2 cm³/mol. The third-order valence-electron chi connectivity index (χ3n) is 5.35. The zero-order chi connectivity index (χ0) is 16.9. The first-order valence-electron chi connectivity index (χ1n) is 9.01. The van der Waals surface area contributed by atoms with E-state index in [0.29, 0.717) is 5.92 Å². The van der Waals surface area contributed by atoms with Crippen molar-refractivity contribution in [3.8, 4) is 17.2 Å². The van der Waals surface area contributed by atoms with Gasteiger partial charge in [0.2, 0.25) is 0 Å². The molecule has 124 valence electrons. The summed E-state index contributed by atoms with van der Waals surface area (Å²) in [6.07, 6.45) is 7.94. The quantitative estimate of drug-likeness (QED) is 0.636. The summed E-state index contributed by atoms with van der Waals surface area (Å²) in [5.41, 5.74) is 3.33. The van der Waals surface area contributed by atoms with Crippen molar-refractivity contribution in [2.75, 3.05) is 0 Å². The maximum Gasteiger partial charge on any atom is 0.141 e. The Morgan fingerprint density at radius 2 is 1.67 bits per heavy atom. The molecule has 0 aliphatic heterocycles. The lowest BCUT2D eigenvalue weighted by atomic mass is 9.77. The van der Waals surface area contributed by atoms with Gasteiger partial charge < -0.3 is 0 Å². The molecule has 1 saturated carbocycles. The van der Waals surface area contributed by atoms with Crippen molar-refractivity contribution in [3.05, 3.63) is 59.4 Å². The zero-order valence-corrected chi connectivity index (χ0v) is 14.3. The van der Waals surface area contributed by atoms with Gasteiger partial charge in [0, 0.05) is 0 Å². The fourth-order valence-corrected chi connectivity index (χ4v) is 3.93.